The normalized spacial score (nSPS) is 12.7. The maximum atomic E-state index is 6.15. The summed E-state index contributed by atoms with van der Waals surface area (Å²) in [6, 6.07) is 18.0. The van der Waals surface area contributed by atoms with Gasteiger partial charge in [0.05, 0.1) is 85.4 Å². The molecule has 0 aromatic heterocycles. The van der Waals surface area contributed by atoms with Crippen LogP contribution in [-0.2, 0) is 39.8 Å². The fourth-order valence-electron chi connectivity index (χ4n) is 4.60. The summed E-state index contributed by atoms with van der Waals surface area (Å²) in [5.41, 5.74) is 1.15. The van der Waals surface area contributed by atoms with Crippen molar-refractivity contribution in [3.8, 4) is 11.5 Å². The molecule has 0 aliphatic rings. The van der Waals surface area contributed by atoms with Gasteiger partial charge in [-0.15, -0.1) is 0 Å². The second kappa shape index (κ2) is 28.9. The van der Waals surface area contributed by atoms with Crippen molar-refractivity contribution in [2.24, 2.45) is 5.92 Å². The molecule has 0 radical (unpaired) electrons. The van der Waals surface area contributed by atoms with E-state index < -0.39 is 0 Å². The van der Waals surface area contributed by atoms with Crippen molar-refractivity contribution in [3.63, 3.8) is 0 Å². The molecule has 9 nitrogen and oxygen atoms in total. The number of unbranched alkanes of at least 4 members (excludes halogenated alkanes) is 3. The van der Waals surface area contributed by atoms with Crippen LogP contribution in [0.2, 0.25) is 0 Å². The van der Waals surface area contributed by atoms with Crippen molar-refractivity contribution in [1.29, 1.82) is 0 Å². The number of hydrogen-bond acceptors (Lipinski definition) is 9. The Kier molecular flexibility index (Phi) is 25.1. The topological polar surface area (TPSA) is 83.1 Å². The molecule has 2 atom stereocenters. The van der Waals surface area contributed by atoms with E-state index in [9.17, 15) is 0 Å². The van der Waals surface area contributed by atoms with E-state index in [0.717, 1.165) is 62.2 Å². The number of ether oxygens (including phenoxy) is 9. The van der Waals surface area contributed by atoms with E-state index in [0.29, 0.717) is 91.8 Å². The molecule has 0 bridgehead atoms. The van der Waals surface area contributed by atoms with E-state index in [-0.39, 0.29) is 6.10 Å². The third-order valence-corrected chi connectivity index (χ3v) is 7.29. The third-order valence-electron chi connectivity index (χ3n) is 7.29. The Morgan fingerprint density at radius 3 is 1.72 bits per heavy atom. The van der Waals surface area contributed by atoms with Gasteiger partial charge in [0.1, 0.15) is 18.1 Å². The molecule has 2 rings (SSSR count). The quantitative estimate of drug-likeness (QED) is 0.0800. The van der Waals surface area contributed by atoms with Gasteiger partial charge in [0.25, 0.3) is 0 Å². The van der Waals surface area contributed by atoms with E-state index in [1.54, 1.807) is 7.11 Å². The average Bonchev–Trinajstić information content (AvgIpc) is 3.08. The first kappa shape index (κ1) is 39.9. The van der Waals surface area contributed by atoms with E-state index in [4.69, 9.17) is 42.6 Å². The molecule has 0 saturated carbocycles. The lowest BCUT2D eigenvalue weighted by Gasteiger charge is -2.24. The maximum Gasteiger partial charge on any atom is 0.120 e. The molecule has 0 spiro atoms. The Morgan fingerprint density at radius 1 is 0.543 bits per heavy atom. The molecule has 0 aliphatic carbocycles. The van der Waals surface area contributed by atoms with Crippen molar-refractivity contribution < 1.29 is 42.6 Å². The average molecular weight is 649 g/mol. The van der Waals surface area contributed by atoms with E-state index >= 15 is 0 Å². The lowest BCUT2D eigenvalue weighted by molar-refractivity contribution is -0.0707. The highest BCUT2D eigenvalue weighted by Gasteiger charge is 2.17. The first-order valence-corrected chi connectivity index (χ1v) is 17.1. The van der Waals surface area contributed by atoms with E-state index in [1.165, 1.54) is 0 Å². The van der Waals surface area contributed by atoms with Crippen LogP contribution in [0.3, 0.4) is 0 Å². The molecule has 0 amide bonds. The molecule has 2 aromatic rings. The molecule has 0 saturated heterocycles. The molecule has 262 valence electrons. The summed E-state index contributed by atoms with van der Waals surface area (Å²) in [6.45, 7) is 12.7. The van der Waals surface area contributed by atoms with Gasteiger partial charge in [-0.05, 0) is 61.4 Å². The molecule has 0 heterocycles. The van der Waals surface area contributed by atoms with Gasteiger partial charge in [-0.3, -0.25) is 0 Å². The first-order chi connectivity index (χ1) is 22.7. The summed E-state index contributed by atoms with van der Waals surface area (Å²) in [6.07, 6.45) is 6.60. The summed E-state index contributed by atoms with van der Waals surface area (Å²) < 4.78 is 50.9. The summed E-state index contributed by atoms with van der Waals surface area (Å²) >= 11 is 0. The van der Waals surface area contributed by atoms with Crippen LogP contribution in [0.25, 0.3) is 0 Å². The van der Waals surface area contributed by atoms with Crippen LogP contribution in [0.1, 0.15) is 57.9 Å². The molecular weight excluding hydrogens is 588 g/mol. The lowest BCUT2D eigenvalue weighted by atomic mass is 10.00. The Bertz CT molecular complexity index is 913. The van der Waals surface area contributed by atoms with Gasteiger partial charge in [0, 0.05) is 13.7 Å². The second-order valence-corrected chi connectivity index (χ2v) is 11.2. The largest absolute Gasteiger partial charge is 0.494 e. The van der Waals surface area contributed by atoms with Gasteiger partial charge in [0.2, 0.25) is 0 Å². The highest BCUT2D eigenvalue weighted by molar-refractivity contribution is 5.31. The van der Waals surface area contributed by atoms with Gasteiger partial charge in [-0.2, -0.15) is 0 Å². The molecule has 0 fully saturated rings. The summed E-state index contributed by atoms with van der Waals surface area (Å²) in [5, 5.41) is 0. The molecule has 9 heteroatoms. The zero-order valence-corrected chi connectivity index (χ0v) is 28.7. The van der Waals surface area contributed by atoms with Crippen LogP contribution >= 0.6 is 0 Å². The highest BCUT2D eigenvalue weighted by atomic mass is 16.6. The minimum absolute atomic E-state index is 0.0583. The van der Waals surface area contributed by atoms with Crippen molar-refractivity contribution in [1.82, 2.24) is 0 Å². The molecule has 0 aliphatic heterocycles. The van der Waals surface area contributed by atoms with Crippen molar-refractivity contribution in [3.05, 3.63) is 60.2 Å². The Morgan fingerprint density at radius 2 is 1.09 bits per heavy atom. The molecule has 2 aromatic carbocycles. The predicted octanol–water partition coefficient (Wildman–Crippen LogP) is 6.76. The molecule has 1 unspecified atom stereocenters. The number of benzene rings is 2. The van der Waals surface area contributed by atoms with Crippen LogP contribution in [0, 0.1) is 5.92 Å². The molecular formula is C37H60O9. The summed E-state index contributed by atoms with van der Waals surface area (Å²) in [7, 11) is 1.66. The third kappa shape index (κ3) is 21.5. The smallest absolute Gasteiger partial charge is 0.120 e. The summed E-state index contributed by atoms with van der Waals surface area (Å²) in [4.78, 5) is 0. The fraction of sp³-hybridized carbons (Fsp3) is 0.676. The van der Waals surface area contributed by atoms with E-state index in [2.05, 4.69) is 26.0 Å². The van der Waals surface area contributed by atoms with Gasteiger partial charge >= 0.3 is 0 Å². The number of methoxy groups -OCH3 is 1. The van der Waals surface area contributed by atoms with Crippen molar-refractivity contribution in [2.75, 3.05) is 93.0 Å². The van der Waals surface area contributed by atoms with Crippen molar-refractivity contribution in [2.45, 2.75) is 65.1 Å². The second-order valence-electron chi connectivity index (χ2n) is 11.2. The van der Waals surface area contributed by atoms with Gasteiger partial charge in [0.15, 0.2) is 0 Å². The zero-order chi connectivity index (χ0) is 32.8. The maximum absolute atomic E-state index is 6.15. The molecule has 46 heavy (non-hydrogen) atoms. The zero-order valence-electron chi connectivity index (χ0n) is 28.7. The van der Waals surface area contributed by atoms with Gasteiger partial charge < -0.3 is 42.6 Å². The number of rotatable bonds is 32. The van der Waals surface area contributed by atoms with Crippen LogP contribution in [-0.4, -0.2) is 99.1 Å². The summed E-state index contributed by atoms with van der Waals surface area (Å²) in [5.74, 6) is 2.15. The Balaban J connectivity index is 1.40. The van der Waals surface area contributed by atoms with Crippen LogP contribution in [0.15, 0.2) is 54.6 Å². The number of hydrogen-bond donors (Lipinski definition) is 0. The molecule has 0 N–H and O–H groups in total. The Labute approximate surface area is 278 Å². The highest BCUT2D eigenvalue weighted by Crippen LogP contribution is 2.19. The van der Waals surface area contributed by atoms with Crippen LogP contribution in [0.4, 0.5) is 0 Å². The van der Waals surface area contributed by atoms with Crippen molar-refractivity contribution >= 4 is 0 Å². The first-order valence-electron chi connectivity index (χ1n) is 17.1. The SMILES string of the molecule is CCC[C@@H](C)C(COCCOCCOCCOCCOC)OCCOCCCCCCOc1ccc(OCc2ccccc2)cc1. The minimum Gasteiger partial charge on any atom is -0.494 e. The van der Waals surface area contributed by atoms with Crippen LogP contribution < -0.4 is 9.47 Å². The minimum atomic E-state index is 0.0583. The van der Waals surface area contributed by atoms with Gasteiger partial charge in [-0.25, -0.2) is 0 Å². The van der Waals surface area contributed by atoms with E-state index in [1.807, 2.05) is 42.5 Å². The Hall–Kier alpha value is -2.24. The fourth-order valence-corrected chi connectivity index (χ4v) is 4.60. The van der Waals surface area contributed by atoms with Gasteiger partial charge in [-0.1, -0.05) is 57.0 Å². The predicted molar refractivity (Wildman–Crippen MR) is 181 cm³/mol. The lowest BCUT2D eigenvalue weighted by Crippen LogP contribution is -2.29. The standard InChI is InChI=1S/C37H60O9/c1-4-12-33(2)37(32-43-28-27-42-26-25-41-24-23-40-22-21-38-3)45-30-29-39-19-10-5-6-11-20-44-35-15-17-36(18-16-35)46-31-34-13-8-7-9-14-34/h7-9,13-18,33,37H,4-6,10-12,19-32H2,1-3H3/t33-,37?/m1/s1. The van der Waals surface area contributed by atoms with Crippen LogP contribution in [0.5, 0.6) is 11.5 Å². The monoisotopic (exact) mass is 648 g/mol.